The number of guanidine groups is 1. The third kappa shape index (κ3) is 2.15. The van der Waals surface area contributed by atoms with Crippen LogP contribution in [0.25, 0.3) is 0 Å². The summed E-state index contributed by atoms with van der Waals surface area (Å²) in [5, 5.41) is 0.339. The molecule has 0 aliphatic heterocycles. The van der Waals surface area contributed by atoms with Gasteiger partial charge in [-0.05, 0) is 6.92 Å². The molecule has 0 atom stereocenters. The van der Waals surface area contributed by atoms with Gasteiger partial charge in [0, 0.05) is 0 Å². The van der Waals surface area contributed by atoms with E-state index in [1.54, 1.807) is 6.92 Å². The van der Waals surface area contributed by atoms with E-state index in [2.05, 4.69) is 9.98 Å². The van der Waals surface area contributed by atoms with Crippen molar-refractivity contribution in [3.8, 4) is 0 Å². The fourth-order valence-corrected chi connectivity index (χ4v) is 1.58. The molecule has 0 unspecified atom stereocenters. The molecule has 1 heterocycles. The number of thiazole rings is 1. The smallest absolute Gasteiger partial charge is 0.260 e. The van der Waals surface area contributed by atoms with Gasteiger partial charge in [0.15, 0.2) is 5.96 Å². The lowest BCUT2D eigenvalue weighted by Gasteiger charge is -1.85. The van der Waals surface area contributed by atoms with E-state index in [1.165, 1.54) is 0 Å². The summed E-state index contributed by atoms with van der Waals surface area (Å²) in [5.41, 5.74) is 15.9. The van der Waals surface area contributed by atoms with Gasteiger partial charge in [-0.3, -0.25) is 4.79 Å². The molecule has 1 aromatic heterocycles. The summed E-state index contributed by atoms with van der Waals surface area (Å²) in [6.07, 6.45) is 0. The van der Waals surface area contributed by atoms with Crippen molar-refractivity contribution >= 4 is 28.3 Å². The molecular formula is C6H9N5OS. The van der Waals surface area contributed by atoms with E-state index in [0.717, 1.165) is 11.3 Å². The third-order valence-corrected chi connectivity index (χ3v) is 2.30. The zero-order valence-electron chi connectivity index (χ0n) is 6.94. The Kier molecular flexibility index (Phi) is 2.47. The monoisotopic (exact) mass is 199 g/mol. The molecule has 13 heavy (non-hydrogen) atoms. The maximum absolute atomic E-state index is 10.8. The number of rotatable bonds is 2. The second-order valence-electron chi connectivity index (χ2n) is 2.31. The Hall–Kier alpha value is -1.63. The number of aliphatic imine (C=N–C) groups is 1. The van der Waals surface area contributed by atoms with Crippen molar-refractivity contribution in [1.82, 2.24) is 4.98 Å². The topological polar surface area (TPSA) is 120 Å². The standard InChI is InChI=1S/C6H9N5OS/c1-2-3(4(7)12)13-6(10-2)11-5(8)9/h1H3,(H2,7,12)(H4,8,9,10,11). The molecule has 1 amide bonds. The Labute approximate surface area is 78.5 Å². The number of hydrogen-bond donors (Lipinski definition) is 3. The van der Waals surface area contributed by atoms with Crippen LogP contribution in [-0.4, -0.2) is 16.9 Å². The molecule has 0 saturated heterocycles. The van der Waals surface area contributed by atoms with Gasteiger partial charge in [-0.25, -0.2) is 4.98 Å². The molecule has 0 saturated carbocycles. The Morgan fingerprint density at radius 3 is 2.46 bits per heavy atom. The van der Waals surface area contributed by atoms with Crippen molar-refractivity contribution in [2.75, 3.05) is 0 Å². The SMILES string of the molecule is Cc1nc(N=C(N)N)sc1C(N)=O. The highest BCUT2D eigenvalue weighted by molar-refractivity contribution is 7.17. The number of amides is 1. The predicted molar refractivity (Wildman–Crippen MR) is 50.8 cm³/mol. The summed E-state index contributed by atoms with van der Waals surface area (Å²) < 4.78 is 0. The lowest BCUT2D eigenvalue weighted by Crippen LogP contribution is -2.21. The minimum absolute atomic E-state index is 0.0928. The van der Waals surface area contributed by atoms with E-state index < -0.39 is 5.91 Å². The van der Waals surface area contributed by atoms with Gasteiger partial charge in [-0.15, -0.1) is 0 Å². The number of nitrogens with zero attached hydrogens (tertiary/aromatic N) is 2. The molecule has 6 N–H and O–H groups in total. The molecule has 0 aromatic carbocycles. The first kappa shape index (κ1) is 9.46. The van der Waals surface area contributed by atoms with Crippen LogP contribution in [0, 0.1) is 6.92 Å². The highest BCUT2D eigenvalue weighted by Gasteiger charge is 2.11. The van der Waals surface area contributed by atoms with Crippen LogP contribution in [0.15, 0.2) is 4.99 Å². The molecule has 1 aromatic rings. The van der Waals surface area contributed by atoms with E-state index in [9.17, 15) is 4.79 Å². The van der Waals surface area contributed by atoms with Crippen LogP contribution >= 0.6 is 11.3 Å². The van der Waals surface area contributed by atoms with Gasteiger partial charge in [0.25, 0.3) is 5.91 Å². The summed E-state index contributed by atoms with van der Waals surface area (Å²) in [4.78, 5) is 18.8. The maximum Gasteiger partial charge on any atom is 0.260 e. The molecule has 70 valence electrons. The minimum atomic E-state index is -0.521. The summed E-state index contributed by atoms with van der Waals surface area (Å²) in [6.45, 7) is 1.67. The summed E-state index contributed by atoms with van der Waals surface area (Å²) in [5.74, 6) is -0.614. The average molecular weight is 199 g/mol. The highest BCUT2D eigenvalue weighted by Crippen LogP contribution is 2.23. The first-order chi connectivity index (χ1) is 6.00. The lowest BCUT2D eigenvalue weighted by atomic mass is 10.4. The average Bonchev–Trinajstić information content (AvgIpc) is 2.29. The number of primary amides is 1. The second-order valence-corrected chi connectivity index (χ2v) is 3.29. The van der Waals surface area contributed by atoms with E-state index in [0.29, 0.717) is 15.7 Å². The number of hydrogen-bond acceptors (Lipinski definition) is 4. The second kappa shape index (κ2) is 3.40. The first-order valence-corrected chi connectivity index (χ1v) is 4.19. The van der Waals surface area contributed by atoms with Crippen LogP contribution in [0.1, 0.15) is 15.4 Å². The number of carbonyl (C=O) groups excluding carboxylic acids is 1. The molecule has 7 heteroatoms. The van der Waals surface area contributed by atoms with Crippen LogP contribution in [-0.2, 0) is 0 Å². The van der Waals surface area contributed by atoms with Crippen LogP contribution in [0.3, 0.4) is 0 Å². The Morgan fingerprint density at radius 1 is 1.46 bits per heavy atom. The molecule has 0 fully saturated rings. The Bertz CT molecular complexity index is 365. The van der Waals surface area contributed by atoms with Crippen molar-refractivity contribution < 1.29 is 4.79 Å². The number of aromatic nitrogens is 1. The van der Waals surface area contributed by atoms with Gasteiger partial charge in [0.2, 0.25) is 5.13 Å². The molecule has 0 spiro atoms. The molecule has 0 aliphatic rings. The number of carbonyl (C=O) groups is 1. The van der Waals surface area contributed by atoms with Crippen molar-refractivity contribution in [3.63, 3.8) is 0 Å². The van der Waals surface area contributed by atoms with E-state index in [-0.39, 0.29) is 5.96 Å². The zero-order chi connectivity index (χ0) is 10.0. The zero-order valence-corrected chi connectivity index (χ0v) is 7.76. The fourth-order valence-electron chi connectivity index (χ4n) is 0.769. The quantitative estimate of drug-likeness (QED) is 0.437. The fraction of sp³-hybridized carbons (Fsp3) is 0.167. The first-order valence-electron chi connectivity index (χ1n) is 3.37. The van der Waals surface area contributed by atoms with Crippen molar-refractivity contribution in [1.29, 1.82) is 0 Å². The van der Waals surface area contributed by atoms with E-state index >= 15 is 0 Å². The normalized spacial score (nSPS) is 9.62. The maximum atomic E-state index is 10.8. The summed E-state index contributed by atoms with van der Waals surface area (Å²) in [6, 6.07) is 0. The van der Waals surface area contributed by atoms with Gasteiger partial charge >= 0.3 is 0 Å². The van der Waals surface area contributed by atoms with Gasteiger partial charge in [-0.1, -0.05) is 11.3 Å². The van der Waals surface area contributed by atoms with Gasteiger partial charge in [0.1, 0.15) is 4.88 Å². The largest absolute Gasteiger partial charge is 0.370 e. The molecular weight excluding hydrogens is 190 g/mol. The molecule has 1 rings (SSSR count). The van der Waals surface area contributed by atoms with Gasteiger partial charge < -0.3 is 17.2 Å². The summed E-state index contributed by atoms with van der Waals surface area (Å²) in [7, 11) is 0. The predicted octanol–water partition coefficient (Wildman–Crippen LogP) is -0.545. The highest BCUT2D eigenvalue weighted by atomic mass is 32.1. The van der Waals surface area contributed by atoms with Crippen LogP contribution < -0.4 is 17.2 Å². The third-order valence-electron chi connectivity index (χ3n) is 1.23. The Balaban J connectivity index is 3.09. The molecule has 0 radical (unpaired) electrons. The van der Waals surface area contributed by atoms with Crippen LogP contribution in [0.2, 0.25) is 0 Å². The molecule has 0 bridgehead atoms. The minimum Gasteiger partial charge on any atom is -0.370 e. The number of nitrogens with two attached hydrogens (primary N) is 3. The molecule has 0 aliphatic carbocycles. The van der Waals surface area contributed by atoms with Crippen molar-refractivity contribution in [2.45, 2.75) is 6.92 Å². The van der Waals surface area contributed by atoms with Crippen LogP contribution in [0.5, 0.6) is 0 Å². The summed E-state index contributed by atoms with van der Waals surface area (Å²) >= 11 is 1.06. The Morgan fingerprint density at radius 2 is 2.08 bits per heavy atom. The van der Waals surface area contributed by atoms with Crippen molar-refractivity contribution in [2.24, 2.45) is 22.2 Å². The van der Waals surface area contributed by atoms with Gasteiger partial charge in [-0.2, -0.15) is 4.99 Å². The van der Waals surface area contributed by atoms with Gasteiger partial charge in [0.05, 0.1) is 5.69 Å². The van der Waals surface area contributed by atoms with Crippen molar-refractivity contribution in [3.05, 3.63) is 10.6 Å². The van der Waals surface area contributed by atoms with E-state index in [4.69, 9.17) is 17.2 Å². The van der Waals surface area contributed by atoms with E-state index in [1.807, 2.05) is 0 Å². The van der Waals surface area contributed by atoms with Crippen LogP contribution in [0.4, 0.5) is 5.13 Å². The number of aryl methyl sites for hydroxylation is 1. The lowest BCUT2D eigenvalue weighted by molar-refractivity contribution is 0.100. The molecule has 6 nitrogen and oxygen atoms in total.